The summed E-state index contributed by atoms with van der Waals surface area (Å²) in [5.74, 6) is 0.922. The first-order valence-corrected chi connectivity index (χ1v) is 8.02. The topological polar surface area (TPSA) is 21.3 Å². The number of thiophene rings is 1. The van der Waals surface area contributed by atoms with Gasteiger partial charge in [0.05, 0.1) is 7.11 Å². The van der Waals surface area contributed by atoms with Crippen LogP contribution in [0.2, 0.25) is 0 Å². The molecule has 0 saturated heterocycles. The molecule has 2 rings (SSSR count). The minimum absolute atomic E-state index is 0.451. The second-order valence-electron chi connectivity index (χ2n) is 4.99. The van der Waals surface area contributed by atoms with Crippen LogP contribution in [0.15, 0.2) is 35.7 Å². The highest BCUT2D eigenvalue weighted by Crippen LogP contribution is 2.24. The van der Waals surface area contributed by atoms with Gasteiger partial charge in [-0.1, -0.05) is 19.1 Å². The summed E-state index contributed by atoms with van der Waals surface area (Å²) >= 11 is 1.83. The normalized spacial score (nSPS) is 12.3. The fourth-order valence-corrected chi connectivity index (χ4v) is 3.14. The monoisotopic (exact) mass is 289 g/mol. The molecule has 0 amide bonds. The van der Waals surface area contributed by atoms with Crippen LogP contribution in [0, 0.1) is 6.92 Å². The van der Waals surface area contributed by atoms with Gasteiger partial charge in [-0.3, -0.25) is 0 Å². The smallest absolute Gasteiger partial charge is 0.118 e. The molecule has 1 heterocycles. The predicted molar refractivity (Wildman–Crippen MR) is 86.8 cm³/mol. The number of rotatable bonds is 7. The van der Waals surface area contributed by atoms with Gasteiger partial charge in [0.1, 0.15) is 5.75 Å². The molecule has 1 aromatic carbocycles. The number of methoxy groups -OCH3 is 1. The van der Waals surface area contributed by atoms with Crippen molar-refractivity contribution < 1.29 is 4.74 Å². The minimum Gasteiger partial charge on any atom is -0.497 e. The molecule has 0 aliphatic carbocycles. The maximum atomic E-state index is 5.19. The Hall–Kier alpha value is -1.32. The number of aryl methyl sites for hydroxylation is 2. The van der Waals surface area contributed by atoms with Crippen LogP contribution in [0.5, 0.6) is 5.75 Å². The van der Waals surface area contributed by atoms with E-state index in [-0.39, 0.29) is 0 Å². The van der Waals surface area contributed by atoms with Gasteiger partial charge in [-0.05, 0) is 61.0 Å². The fraction of sp³-hybridized carbons (Fsp3) is 0.412. The summed E-state index contributed by atoms with van der Waals surface area (Å²) in [6, 6.07) is 11.1. The predicted octanol–water partition coefficient (Wildman–Crippen LogP) is 4.35. The SMILES string of the molecule is CCNC(CCc1ccc(OC)cc1)c1csc(C)c1. The Morgan fingerprint density at radius 2 is 2.00 bits per heavy atom. The number of ether oxygens (including phenoxy) is 1. The van der Waals surface area contributed by atoms with Gasteiger partial charge in [-0.25, -0.2) is 0 Å². The second-order valence-corrected chi connectivity index (χ2v) is 6.10. The van der Waals surface area contributed by atoms with Crippen molar-refractivity contribution in [3.05, 3.63) is 51.7 Å². The molecule has 0 aliphatic rings. The molecule has 0 saturated carbocycles. The van der Waals surface area contributed by atoms with E-state index >= 15 is 0 Å². The first-order chi connectivity index (χ1) is 9.72. The Morgan fingerprint density at radius 1 is 1.25 bits per heavy atom. The third-order valence-corrected chi connectivity index (χ3v) is 4.36. The van der Waals surface area contributed by atoms with Gasteiger partial charge in [0.2, 0.25) is 0 Å². The lowest BCUT2D eigenvalue weighted by Gasteiger charge is -2.17. The van der Waals surface area contributed by atoms with Gasteiger partial charge in [0.25, 0.3) is 0 Å². The molecule has 2 aromatic rings. The van der Waals surface area contributed by atoms with Crippen molar-refractivity contribution in [2.24, 2.45) is 0 Å². The Kier molecular flexibility index (Phi) is 5.62. The first-order valence-electron chi connectivity index (χ1n) is 7.14. The maximum absolute atomic E-state index is 5.19. The van der Waals surface area contributed by atoms with Crippen molar-refractivity contribution in [3.63, 3.8) is 0 Å². The highest BCUT2D eigenvalue weighted by atomic mass is 32.1. The zero-order valence-corrected chi connectivity index (χ0v) is 13.3. The van der Waals surface area contributed by atoms with Gasteiger partial charge >= 0.3 is 0 Å². The average molecular weight is 289 g/mol. The summed E-state index contributed by atoms with van der Waals surface area (Å²) < 4.78 is 5.19. The third kappa shape index (κ3) is 4.09. The number of hydrogen-bond donors (Lipinski definition) is 1. The standard InChI is InChI=1S/C17H23NOS/c1-4-18-17(15-11-13(2)20-12-15)10-7-14-5-8-16(19-3)9-6-14/h5-6,8-9,11-12,17-18H,4,7,10H2,1-3H3. The van der Waals surface area contributed by atoms with E-state index in [1.54, 1.807) is 7.11 Å². The third-order valence-electron chi connectivity index (χ3n) is 3.48. The molecule has 1 unspecified atom stereocenters. The van der Waals surface area contributed by atoms with E-state index < -0.39 is 0 Å². The highest BCUT2D eigenvalue weighted by Gasteiger charge is 2.11. The molecule has 1 atom stereocenters. The summed E-state index contributed by atoms with van der Waals surface area (Å²) in [5, 5.41) is 5.86. The van der Waals surface area contributed by atoms with Gasteiger partial charge in [-0.2, -0.15) is 0 Å². The van der Waals surface area contributed by atoms with Crippen molar-refractivity contribution in [2.45, 2.75) is 32.7 Å². The Balaban J connectivity index is 1.97. The Bertz CT molecular complexity index is 518. The van der Waals surface area contributed by atoms with Crippen LogP contribution in [0.1, 0.15) is 35.4 Å². The van der Waals surface area contributed by atoms with Crippen LogP contribution in [-0.4, -0.2) is 13.7 Å². The highest BCUT2D eigenvalue weighted by molar-refractivity contribution is 7.10. The summed E-state index contributed by atoms with van der Waals surface area (Å²) in [6.45, 7) is 5.34. The van der Waals surface area contributed by atoms with E-state index in [2.05, 4.69) is 42.7 Å². The maximum Gasteiger partial charge on any atom is 0.118 e. The van der Waals surface area contributed by atoms with Gasteiger partial charge in [-0.15, -0.1) is 11.3 Å². The zero-order chi connectivity index (χ0) is 14.4. The molecule has 0 fully saturated rings. The Labute approximate surface area is 125 Å². The van der Waals surface area contributed by atoms with E-state index in [1.165, 1.54) is 16.0 Å². The number of benzene rings is 1. The largest absolute Gasteiger partial charge is 0.497 e. The van der Waals surface area contributed by atoms with E-state index in [1.807, 2.05) is 23.5 Å². The van der Waals surface area contributed by atoms with E-state index in [0.717, 1.165) is 25.1 Å². The van der Waals surface area contributed by atoms with E-state index in [9.17, 15) is 0 Å². The van der Waals surface area contributed by atoms with Crippen LogP contribution >= 0.6 is 11.3 Å². The van der Waals surface area contributed by atoms with Crippen molar-refractivity contribution in [2.75, 3.05) is 13.7 Å². The van der Waals surface area contributed by atoms with E-state index in [0.29, 0.717) is 6.04 Å². The first kappa shape index (κ1) is 15.1. The van der Waals surface area contributed by atoms with Crippen LogP contribution in [0.4, 0.5) is 0 Å². The van der Waals surface area contributed by atoms with Crippen molar-refractivity contribution >= 4 is 11.3 Å². The molecule has 0 bridgehead atoms. The number of nitrogens with one attached hydrogen (secondary N) is 1. The van der Waals surface area contributed by atoms with Crippen LogP contribution in [0.25, 0.3) is 0 Å². The van der Waals surface area contributed by atoms with Crippen LogP contribution in [0.3, 0.4) is 0 Å². The molecule has 0 aliphatic heterocycles. The molecule has 1 N–H and O–H groups in total. The fourth-order valence-electron chi connectivity index (χ4n) is 2.38. The van der Waals surface area contributed by atoms with Gasteiger partial charge in [0, 0.05) is 10.9 Å². The van der Waals surface area contributed by atoms with Crippen molar-refractivity contribution in [1.29, 1.82) is 0 Å². The summed E-state index contributed by atoms with van der Waals surface area (Å²) in [4.78, 5) is 1.38. The van der Waals surface area contributed by atoms with Crippen molar-refractivity contribution in [3.8, 4) is 5.75 Å². The molecule has 0 radical (unpaired) electrons. The lowest BCUT2D eigenvalue weighted by molar-refractivity contribution is 0.414. The van der Waals surface area contributed by atoms with E-state index in [4.69, 9.17) is 4.74 Å². The summed E-state index contributed by atoms with van der Waals surface area (Å²) in [6.07, 6.45) is 2.20. The lowest BCUT2D eigenvalue weighted by atomic mass is 10.0. The van der Waals surface area contributed by atoms with Crippen LogP contribution < -0.4 is 10.1 Å². The molecule has 2 nitrogen and oxygen atoms in total. The minimum atomic E-state index is 0.451. The summed E-state index contributed by atoms with van der Waals surface area (Å²) in [7, 11) is 1.70. The molecular formula is C17H23NOS. The Morgan fingerprint density at radius 3 is 2.55 bits per heavy atom. The van der Waals surface area contributed by atoms with Gasteiger partial charge in [0.15, 0.2) is 0 Å². The van der Waals surface area contributed by atoms with Gasteiger partial charge < -0.3 is 10.1 Å². The molecule has 3 heteroatoms. The second kappa shape index (κ2) is 7.46. The number of hydrogen-bond acceptors (Lipinski definition) is 3. The zero-order valence-electron chi connectivity index (χ0n) is 12.5. The average Bonchev–Trinajstić information content (AvgIpc) is 2.90. The molecule has 20 heavy (non-hydrogen) atoms. The lowest BCUT2D eigenvalue weighted by Crippen LogP contribution is -2.21. The van der Waals surface area contributed by atoms with Crippen molar-refractivity contribution in [1.82, 2.24) is 5.32 Å². The quantitative estimate of drug-likeness (QED) is 0.818. The molecule has 0 spiro atoms. The molecule has 108 valence electrons. The van der Waals surface area contributed by atoms with Crippen LogP contribution in [-0.2, 0) is 6.42 Å². The summed E-state index contributed by atoms with van der Waals surface area (Å²) in [5.41, 5.74) is 2.78. The molecular weight excluding hydrogens is 266 g/mol. The molecule has 1 aromatic heterocycles.